The molecule has 0 saturated heterocycles. The number of hydrogen-bond acceptors (Lipinski definition) is 7. The number of ether oxygens (including phenoxy) is 2. The van der Waals surface area contributed by atoms with Gasteiger partial charge in [-0.25, -0.2) is 4.79 Å². The zero-order valence-corrected chi connectivity index (χ0v) is 15.2. The Morgan fingerprint density at radius 3 is 2.46 bits per heavy atom. The summed E-state index contributed by atoms with van der Waals surface area (Å²) in [5, 5.41) is 9.93. The summed E-state index contributed by atoms with van der Waals surface area (Å²) < 4.78 is 17.1. The molecular weight excluding hydrogens is 381 g/mol. The lowest BCUT2D eigenvalue weighted by Gasteiger charge is -2.36. The van der Waals surface area contributed by atoms with E-state index in [1.54, 1.807) is 36.4 Å². The van der Waals surface area contributed by atoms with Crippen molar-refractivity contribution in [3.63, 3.8) is 0 Å². The second-order valence-corrected chi connectivity index (χ2v) is 7.24. The number of carbonyl (C=O) groups excluding carboxylic acids is 1. The second-order valence-electron chi connectivity index (χ2n) is 6.45. The number of esters is 1. The van der Waals surface area contributed by atoms with Gasteiger partial charge in [0, 0.05) is 28.8 Å². The van der Waals surface area contributed by atoms with E-state index in [1.807, 2.05) is 12.1 Å². The Morgan fingerprint density at radius 2 is 1.68 bits per heavy atom. The molecule has 0 fully saturated rings. The van der Waals surface area contributed by atoms with Crippen LogP contribution in [0.25, 0.3) is 0 Å². The average molecular weight is 395 g/mol. The monoisotopic (exact) mass is 395 g/mol. The third-order valence-corrected chi connectivity index (χ3v) is 5.27. The van der Waals surface area contributed by atoms with E-state index in [2.05, 4.69) is 0 Å². The third kappa shape index (κ3) is 2.31. The molecule has 5 rings (SSSR count). The third-order valence-electron chi connectivity index (χ3n) is 4.87. The van der Waals surface area contributed by atoms with Crippen LogP contribution in [0.2, 0.25) is 0 Å². The number of phenols is 1. The topological polar surface area (TPSA) is 111 Å². The van der Waals surface area contributed by atoms with Gasteiger partial charge in [-0.2, -0.15) is 0 Å². The van der Waals surface area contributed by atoms with Crippen molar-refractivity contribution in [3.8, 4) is 23.0 Å². The summed E-state index contributed by atoms with van der Waals surface area (Å²) in [6, 6.07) is 16.7. The van der Waals surface area contributed by atoms with Crippen molar-refractivity contribution in [1.29, 1.82) is 0 Å². The van der Waals surface area contributed by atoms with Crippen LogP contribution in [0.3, 0.4) is 0 Å². The van der Waals surface area contributed by atoms with E-state index >= 15 is 0 Å². The van der Waals surface area contributed by atoms with Gasteiger partial charge in [-0.05, 0) is 30.3 Å². The molecule has 2 atom stereocenters. The lowest BCUT2D eigenvalue weighted by Crippen LogP contribution is -2.32. The predicted octanol–water partition coefficient (Wildman–Crippen LogP) is 3.52. The Morgan fingerprint density at radius 1 is 0.964 bits per heavy atom. The summed E-state index contributed by atoms with van der Waals surface area (Å²) in [5.41, 5.74) is 6.50. The average Bonchev–Trinajstić information content (AvgIpc) is 2.95. The number of phenolic OH excluding ortho intramolecular Hbond substituents is 1. The molecule has 0 amide bonds. The van der Waals surface area contributed by atoms with E-state index in [0.717, 1.165) is 0 Å². The van der Waals surface area contributed by atoms with Crippen LogP contribution in [0, 0.1) is 0 Å². The van der Waals surface area contributed by atoms with E-state index in [9.17, 15) is 14.8 Å². The lowest BCUT2D eigenvalue weighted by atomic mass is 9.77. The van der Waals surface area contributed by atoms with Crippen LogP contribution in [0.5, 0.6) is 23.0 Å². The molecule has 3 aromatic rings. The van der Waals surface area contributed by atoms with Gasteiger partial charge in [0.1, 0.15) is 23.0 Å². The van der Waals surface area contributed by atoms with E-state index in [0.29, 0.717) is 39.5 Å². The molecule has 2 heterocycles. The molecule has 2 aliphatic rings. The quantitative estimate of drug-likeness (QED) is 0.450. The van der Waals surface area contributed by atoms with Crippen LogP contribution in [0.4, 0.5) is 0 Å². The molecule has 140 valence electrons. The zero-order valence-electron chi connectivity index (χ0n) is 14.3. The summed E-state index contributed by atoms with van der Waals surface area (Å²) in [7, 11) is -2.10. The van der Waals surface area contributed by atoms with Gasteiger partial charge >= 0.3 is 14.5 Å². The molecule has 0 aromatic heterocycles. The molecule has 0 aliphatic carbocycles. The molecule has 7 nitrogen and oxygen atoms in total. The molecule has 0 saturated carbocycles. The van der Waals surface area contributed by atoms with Gasteiger partial charge in [-0.15, -0.1) is 0 Å². The number of nitrogens with two attached hydrogens (primary N) is 1. The first-order valence-electron chi connectivity index (χ1n) is 8.39. The lowest BCUT2D eigenvalue weighted by molar-refractivity contribution is 0.0224. The Labute approximate surface area is 160 Å². The smallest absolute Gasteiger partial charge is 0.340 e. The Kier molecular flexibility index (Phi) is 3.61. The van der Waals surface area contributed by atoms with E-state index in [-0.39, 0.29) is 5.75 Å². The van der Waals surface area contributed by atoms with Crippen molar-refractivity contribution in [2.24, 2.45) is 5.50 Å². The number of carbonyl (C=O) groups is 1. The highest BCUT2D eigenvalue weighted by atomic mass is 31.2. The number of aromatic hydroxyl groups is 1. The maximum atomic E-state index is 12.7. The Bertz CT molecular complexity index is 1130. The number of benzene rings is 3. The highest BCUT2D eigenvalue weighted by Crippen LogP contribution is 2.57. The van der Waals surface area contributed by atoms with E-state index in [1.165, 1.54) is 12.1 Å². The molecule has 0 radical (unpaired) electrons. The van der Waals surface area contributed by atoms with Crippen molar-refractivity contribution in [2.45, 2.75) is 5.60 Å². The molecule has 2 unspecified atom stereocenters. The van der Waals surface area contributed by atoms with Gasteiger partial charge in [-0.3, -0.25) is 5.50 Å². The highest BCUT2D eigenvalue weighted by molar-refractivity contribution is 7.43. The first kappa shape index (κ1) is 17.0. The minimum atomic E-state index is -2.10. The van der Waals surface area contributed by atoms with Crippen LogP contribution < -0.4 is 14.8 Å². The standard InChI is InChI=1S/C20H14NO6P/c21-28(24)27-12-6-8-16-18(10-12)25-17-9-11(22)5-7-15(17)20(16)14-4-2-1-3-13(14)19(23)26-20/h1-10,22,24H,21H2. The zero-order chi connectivity index (χ0) is 19.5. The SMILES string of the molecule is NP(O)Oc1ccc2c(c1)Oc1cc(O)ccc1C21OC(=O)c2ccccc21. The minimum absolute atomic E-state index is 0.0169. The molecule has 0 bridgehead atoms. The maximum Gasteiger partial charge on any atom is 0.340 e. The van der Waals surface area contributed by atoms with Gasteiger partial charge < -0.3 is 24.0 Å². The summed E-state index contributed by atoms with van der Waals surface area (Å²) in [5.74, 6) is 0.614. The minimum Gasteiger partial charge on any atom is -0.508 e. The van der Waals surface area contributed by atoms with Crippen molar-refractivity contribution in [2.75, 3.05) is 0 Å². The molecule has 4 N–H and O–H groups in total. The summed E-state index contributed by atoms with van der Waals surface area (Å²) >= 11 is 0. The van der Waals surface area contributed by atoms with Crippen molar-refractivity contribution in [3.05, 3.63) is 82.9 Å². The summed E-state index contributed by atoms with van der Waals surface area (Å²) in [4.78, 5) is 22.0. The fraction of sp³-hybridized carbons (Fsp3) is 0.0500. The predicted molar refractivity (Wildman–Crippen MR) is 100 cm³/mol. The van der Waals surface area contributed by atoms with Crippen molar-refractivity contribution >= 4 is 14.5 Å². The highest BCUT2D eigenvalue weighted by Gasteiger charge is 2.53. The van der Waals surface area contributed by atoms with Gasteiger partial charge in [0.2, 0.25) is 0 Å². The van der Waals surface area contributed by atoms with Crippen LogP contribution >= 0.6 is 8.53 Å². The van der Waals surface area contributed by atoms with Crippen molar-refractivity contribution < 1.29 is 28.8 Å². The number of hydrogen-bond donors (Lipinski definition) is 3. The van der Waals surface area contributed by atoms with Crippen molar-refractivity contribution in [1.82, 2.24) is 0 Å². The van der Waals surface area contributed by atoms with Crippen LogP contribution in [0.1, 0.15) is 27.0 Å². The van der Waals surface area contributed by atoms with Crippen LogP contribution in [-0.4, -0.2) is 16.0 Å². The Balaban J connectivity index is 1.80. The maximum absolute atomic E-state index is 12.7. The largest absolute Gasteiger partial charge is 0.508 e. The van der Waals surface area contributed by atoms with Gasteiger partial charge in [0.05, 0.1) is 5.56 Å². The first-order chi connectivity index (χ1) is 13.5. The van der Waals surface area contributed by atoms with Gasteiger partial charge in [-0.1, -0.05) is 18.2 Å². The summed E-state index contributed by atoms with van der Waals surface area (Å²) in [6.07, 6.45) is 0. The fourth-order valence-electron chi connectivity index (χ4n) is 3.81. The molecule has 1 spiro atoms. The summed E-state index contributed by atoms with van der Waals surface area (Å²) in [6.45, 7) is 0. The molecule has 2 aliphatic heterocycles. The molecule has 8 heteroatoms. The van der Waals surface area contributed by atoms with E-state index in [4.69, 9.17) is 19.5 Å². The van der Waals surface area contributed by atoms with E-state index < -0.39 is 20.1 Å². The fourth-order valence-corrected chi connectivity index (χ4v) is 4.14. The number of fused-ring (bicyclic) bond motifs is 6. The second kappa shape index (κ2) is 5.94. The molecular formula is C20H14NO6P. The first-order valence-corrected chi connectivity index (χ1v) is 9.67. The van der Waals surface area contributed by atoms with Gasteiger partial charge in [0.15, 0.2) is 5.60 Å². The molecule has 3 aromatic carbocycles. The molecule has 28 heavy (non-hydrogen) atoms. The van der Waals surface area contributed by atoms with Crippen LogP contribution in [0.15, 0.2) is 60.7 Å². The van der Waals surface area contributed by atoms with Crippen LogP contribution in [-0.2, 0) is 10.3 Å². The number of rotatable bonds is 2. The van der Waals surface area contributed by atoms with Gasteiger partial charge in [0.25, 0.3) is 0 Å². The normalized spacial score (nSPS) is 19.9. The Hall–Kier alpha value is -3.12.